The van der Waals surface area contributed by atoms with Crippen molar-refractivity contribution in [2.75, 3.05) is 13.7 Å². The van der Waals surface area contributed by atoms with Gasteiger partial charge in [0.05, 0.1) is 19.8 Å². The number of benzene rings is 1. The molecule has 1 aromatic carbocycles. The summed E-state index contributed by atoms with van der Waals surface area (Å²) >= 11 is 0. The van der Waals surface area contributed by atoms with Crippen LogP contribution in [0.3, 0.4) is 0 Å². The van der Waals surface area contributed by atoms with Crippen LogP contribution >= 0.6 is 0 Å². The zero-order valence-corrected chi connectivity index (χ0v) is 15.3. The first kappa shape index (κ1) is 17.3. The standard InChI is InChI=1S/C21H25NO4/c1-3-21(20(24)25-2)16-12-8-7-11-15(16)18-22(19(21)23)17(13-26-18)14-9-5-4-6-10-14/h4-10,15-18H,3,11-13H2,1-2H3/t15-,16+,17-,18+,21+/m0/s1. The van der Waals surface area contributed by atoms with Crippen LogP contribution in [-0.4, -0.2) is 36.7 Å². The van der Waals surface area contributed by atoms with E-state index in [-0.39, 0.29) is 30.0 Å². The maximum absolute atomic E-state index is 13.7. The molecule has 0 bridgehead atoms. The van der Waals surface area contributed by atoms with Gasteiger partial charge in [0.1, 0.15) is 11.6 Å². The first-order chi connectivity index (χ1) is 12.6. The van der Waals surface area contributed by atoms with E-state index in [4.69, 9.17) is 9.47 Å². The van der Waals surface area contributed by atoms with Crippen molar-refractivity contribution < 1.29 is 19.1 Å². The Kier molecular flexibility index (Phi) is 4.35. The van der Waals surface area contributed by atoms with E-state index in [0.29, 0.717) is 19.4 Å². The number of nitrogens with zero attached hydrogens (tertiary/aromatic N) is 1. The molecule has 0 spiro atoms. The Hall–Kier alpha value is -2.14. The van der Waals surface area contributed by atoms with Gasteiger partial charge in [-0.3, -0.25) is 9.59 Å². The van der Waals surface area contributed by atoms with Crippen molar-refractivity contribution in [3.63, 3.8) is 0 Å². The van der Waals surface area contributed by atoms with Crippen LogP contribution in [0, 0.1) is 17.3 Å². The van der Waals surface area contributed by atoms with Crippen molar-refractivity contribution in [2.45, 2.75) is 38.5 Å². The normalized spacial score (nSPS) is 35.8. The summed E-state index contributed by atoms with van der Waals surface area (Å²) in [5, 5.41) is 0. The van der Waals surface area contributed by atoms with Gasteiger partial charge in [-0.1, -0.05) is 49.4 Å². The quantitative estimate of drug-likeness (QED) is 0.475. The summed E-state index contributed by atoms with van der Waals surface area (Å²) in [7, 11) is 1.38. The molecule has 2 heterocycles. The third kappa shape index (κ3) is 2.26. The van der Waals surface area contributed by atoms with Gasteiger partial charge in [0.15, 0.2) is 0 Å². The molecule has 4 rings (SSSR count). The van der Waals surface area contributed by atoms with E-state index in [2.05, 4.69) is 12.2 Å². The molecule has 0 unspecified atom stereocenters. The molecule has 5 atom stereocenters. The van der Waals surface area contributed by atoms with Crippen LogP contribution in [0.1, 0.15) is 37.8 Å². The molecule has 2 saturated heterocycles. The Morgan fingerprint density at radius 1 is 1.27 bits per heavy atom. The fourth-order valence-corrected chi connectivity index (χ4v) is 5.13. The van der Waals surface area contributed by atoms with Crippen molar-refractivity contribution in [3.05, 3.63) is 48.0 Å². The smallest absolute Gasteiger partial charge is 0.321 e. The third-order valence-corrected chi connectivity index (χ3v) is 6.42. The van der Waals surface area contributed by atoms with Crippen molar-refractivity contribution >= 4 is 11.9 Å². The first-order valence-corrected chi connectivity index (χ1v) is 9.37. The molecule has 26 heavy (non-hydrogen) atoms. The van der Waals surface area contributed by atoms with Crippen LogP contribution in [0.15, 0.2) is 42.5 Å². The minimum absolute atomic E-state index is 0.0757. The lowest BCUT2D eigenvalue weighted by atomic mass is 9.60. The molecule has 0 radical (unpaired) electrons. The monoisotopic (exact) mass is 355 g/mol. The predicted molar refractivity (Wildman–Crippen MR) is 95.9 cm³/mol. The number of fused-ring (bicyclic) bond motifs is 3. The number of hydrogen-bond donors (Lipinski definition) is 0. The SMILES string of the molecule is CC[C@]1(C(=O)OC)C(=O)N2[C@H](OC[C@H]2c2ccccc2)[C@H]2CC=CC[C@H]21. The molecule has 2 aliphatic heterocycles. The average molecular weight is 355 g/mol. The number of ether oxygens (including phenoxy) is 2. The Labute approximate surface area is 154 Å². The summed E-state index contributed by atoms with van der Waals surface area (Å²) in [6.07, 6.45) is 5.93. The lowest BCUT2D eigenvalue weighted by Crippen LogP contribution is -2.64. The van der Waals surface area contributed by atoms with Crippen LogP contribution in [0.5, 0.6) is 0 Å². The first-order valence-electron chi connectivity index (χ1n) is 9.37. The molecule has 2 fully saturated rings. The number of allylic oxidation sites excluding steroid dienone is 2. The molecule has 1 amide bonds. The lowest BCUT2D eigenvalue weighted by molar-refractivity contribution is -0.190. The molecule has 5 heteroatoms. The highest BCUT2D eigenvalue weighted by atomic mass is 16.5. The molecule has 1 aliphatic carbocycles. The maximum atomic E-state index is 13.7. The Morgan fingerprint density at radius 2 is 2.00 bits per heavy atom. The molecule has 138 valence electrons. The third-order valence-electron chi connectivity index (χ3n) is 6.42. The van der Waals surface area contributed by atoms with E-state index in [1.165, 1.54) is 7.11 Å². The average Bonchev–Trinajstić information content (AvgIpc) is 3.14. The second-order valence-electron chi connectivity index (χ2n) is 7.39. The molecule has 5 nitrogen and oxygen atoms in total. The molecule has 0 N–H and O–H groups in total. The number of methoxy groups -OCH3 is 1. The summed E-state index contributed by atoms with van der Waals surface area (Å²) in [4.78, 5) is 28.4. The molecular weight excluding hydrogens is 330 g/mol. The number of carbonyl (C=O) groups is 2. The second kappa shape index (κ2) is 6.54. The van der Waals surface area contributed by atoms with E-state index < -0.39 is 11.4 Å². The van der Waals surface area contributed by atoms with Gasteiger partial charge < -0.3 is 14.4 Å². The van der Waals surface area contributed by atoms with Gasteiger partial charge in [0.25, 0.3) is 0 Å². The van der Waals surface area contributed by atoms with Gasteiger partial charge in [0, 0.05) is 5.92 Å². The summed E-state index contributed by atoms with van der Waals surface area (Å²) in [5.41, 5.74) is -0.0791. The van der Waals surface area contributed by atoms with Crippen LogP contribution in [0.4, 0.5) is 0 Å². The van der Waals surface area contributed by atoms with Crippen LogP contribution in [0.25, 0.3) is 0 Å². The van der Waals surface area contributed by atoms with Crippen molar-refractivity contribution in [2.24, 2.45) is 17.3 Å². The van der Waals surface area contributed by atoms with E-state index in [0.717, 1.165) is 12.0 Å². The number of carbonyl (C=O) groups excluding carboxylic acids is 2. The molecule has 0 aromatic heterocycles. The Balaban J connectivity index is 1.81. The zero-order chi connectivity index (χ0) is 18.3. The molecular formula is C21H25NO4. The number of piperidine rings is 1. The van der Waals surface area contributed by atoms with Crippen LogP contribution < -0.4 is 0 Å². The number of amides is 1. The highest BCUT2D eigenvalue weighted by molar-refractivity contribution is 6.04. The van der Waals surface area contributed by atoms with Gasteiger partial charge in [-0.05, 0) is 30.7 Å². The number of rotatable bonds is 3. The summed E-state index contributed by atoms with van der Waals surface area (Å²) in [6, 6.07) is 9.77. The zero-order valence-electron chi connectivity index (χ0n) is 15.3. The van der Waals surface area contributed by atoms with Gasteiger partial charge in [0.2, 0.25) is 5.91 Å². The summed E-state index contributed by atoms with van der Waals surface area (Å²) in [5.74, 6) is -0.508. The van der Waals surface area contributed by atoms with Crippen molar-refractivity contribution in [3.8, 4) is 0 Å². The van der Waals surface area contributed by atoms with Crippen molar-refractivity contribution in [1.29, 1.82) is 0 Å². The summed E-state index contributed by atoms with van der Waals surface area (Å²) in [6.45, 7) is 2.38. The lowest BCUT2D eigenvalue weighted by Gasteiger charge is -2.52. The van der Waals surface area contributed by atoms with Crippen LogP contribution in [-0.2, 0) is 19.1 Å². The Bertz CT molecular complexity index is 731. The summed E-state index contributed by atoms with van der Waals surface area (Å²) < 4.78 is 11.3. The molecule has 0 saturated carbocycles. The minimum atomic E-state index is -1.12. The predicted octanol–water partition coefficient (Wildman–Crippen LogP) is 3.08. The van der Waals surface area contributed by atoms with E-state index in [9.17, 15) is 9.59 Å². The maximum Gasteiger partial charge on any atom is 0.321 e. The number of esters is 1. The number of hydrogen-bond acceptors (Lipinski definition) is 4. The van der Waals surface area contributed by atoms with Gasteiger partial charge >= 0.3 is 5.97 Å². The fraction of sp³-hybridized carbons (Fsp3) is 0.524. The van der Waals surface area contributed by atoms with E-state index >= 15 is 0 Å². The van der Waals surface area contributed by atoms with Gasteiger partial charge in [-0.15, -0.1) is 0 Å². The topological polar surface area (TPSA) is 55.8 Å². The van der Waals surface area contributed by atoms with E-state index in [1.807, 2.05) is 42.2 Å². The highest BCUT2D eigenvalue weighted by Crippen LogP contribution is 2.54. The highest BCUT2D eigenvalue weighted by Gasteiger charge is 2.64. The van der Waals surface area contributed by atoms with Gasteiger partial charge in [-0.2, -0.15) is 0 Å². The Morgan fingerprint density at radius 3 is 2.69 bits per heavy atom. The molecule has 1 aromatic rings. The largest absolute Gasteiger partial charge is 0.468 e. The molecule has 3 aliphatic rings. The van der Waals surface area contributed by atoms with E-state index in [1.54, 1.807) is 0 Å². The van der Waals surface area contributed by atoms with Crippen molar-refractivity contribution in [1.82, 2.24) is 4.90 Å². The fourth-order valence-electron chi connectivity index (χ4n) is 5.13. The second-order valence-corrected chi connectivity index (χ2v) is 7.39. The minimum Gasteiger partial charge on any atom is -0.468 e. The van der Waals surface area contributed by atoms with Gasteiger partial charge in [-0.25, -0.2) is 0 Å². The van der Waals surface area contributed by atoms with Crippen LogP contribution in [0.2, 0.25) is 0 Å².